The monoisotopic (exact) mass is 202 g/mol. The Kier molecular flexibility index (Phi) is 313. The molecule has 0 bridgehead atoms. The van der Waals surface area contributed by atoms with E-state index in [0.717, 1.165) is 0 Å². The van der Waals surface area contributed by atoms with Crippen LogP contribution in [0.2, 0.25) is 0 Å². The average Bonchev–Trinajstić information content (AvgIpc) is 0. The molecular formula is H2AlCuMgNiSi. The Morgan fingerprint density at radius 3 is 1.20 bits per heavy atom. The van der Waals surface area contributed by atoms with Crippen LogP contribution in [0, 0.1) is 0 Å². The zero-order valence-corrected chi connectivity index (χ0v) is 7.90. The smallest absolute Gasteiger partial charge is 1.00 e. The predicted octanol–water partition coefficient (Wildman–Crippen LogP) is -0.922. The van der Waals surface area contributed by atoms with Gasteiger partial charge in [-0.2, -0.15) is 0 Å². The standard InChI is InChI=1S/Al.Cu.Mg.Ni.Si.2H/q;;+2;;;2*-1. The first-order chi connectivity index (χ1) is 0. The molecule has 0 saturated heterocycles. The molecule has 8 radical (unpaired) electrons. The van der Waals surface area contributed by atoms with E-state index in [1.165, 1.54) is 0 Å². The molecule has 0 unspecified atom stereocenters. The summed E-state index contributed by atoms with van der Waals surface area (Å²) in [6.07, 6.45) is 0. The first-order valence-corrected chi connectivity index (χ1v) is 0. The Labute approximate surface area is 86.9 Å². The zero-order chi connectivity index (χ0) is 0. The van der Waals surface area contributed by atoms with E-state index in [1.54, 1.807) is 0 Å². The molecule has 0 saturated carbocycles. The molecule has 0 aromatic rings. The van der Waals surface area contributed by atoms with E-state index in [0.29, 0.717) is 0 Å². The molecule has 0 rings (SSSR count). The van der Waals surface area contributed by atoms with E-state index in [1.807, 2.05) is 0 Å². The summed E-state index contributed by atoms with van der Waals surface area (Å²) in [6, 6.07) is 0. The normalized spacial score (nSPS) is 0. The van der Waals surface area contributed by atoms with Crippen molar-refractivity contribution < 1.29 is 36.4 Å². The second-order valence-corrected chi connectivity index (χ2v) is 0. The predicted molar refractivity (Wildman–Crippen MR) is 19.5 cm³/mol. The van der Waals surface area contributed by atoms with Crippen molar-refractivity contribution in [2.75, 3.05) is 0 Å². The Bertz CT molecular complexity index is 17.7. The minimum Gasteiger partial charge on any atom is -1.00 e. The van der Waals surface area contributed by atoms with Crippen molar-refractivity contribution in [3.63, 3.8) is 0 Å². The van der Waals surface area contributed by atoms with E-state index in [2.05, 4.69) is 0 Å². The maximum atomic E-state index is 0. The fourth-order valence-electron chi connectivity index (χ4n) is 0. The van der Waals surface area contributed by atoms with E-state index < -0.39 is 0 Å². The van der Waals surface area contributed by atoms with Gasteiger partial charge in [-0.05, 0) is 0 Å². The van der Waals surface area contributed by atoms with Crippen LogP contribution < -0.4 is 0 Å². The maximum absolute atomic E-state index is 0. The van der Waals surface area contributed by atoms with Crippen LogP contribution >= 0.6 is 0 Å². The van der Waals surface area contributed by atoms with E-state index in [9.17, 15) is 0 Å². The topological polar surface area (TPSA) is 0 Å². The molecule has 5 heavy (non-hydrogen) atoms. The first kappa shape index (κ1) is 50.2. The van der Waals surface area contributed by atoms with Crippen molar-refractivity contribution in [3.8, 4) is 0 Å². The fraction of sp³-hybridized carbons (Fsp3) is 0. The summed E-state index contributed by atoms with van der Waals surface area (Å²) in [7, 11) is 0. The molecule has 0 amide bonds. The van der Waals surface area contributed by atoms with Crippen LogP contribution in [0.5, 0.6) is 0 Å². The molecule has 0 heterocycles. The fourth-order valence-corrected chi connectivity index (χ4v) is 0. The van der Waals surface area contributed by atoms with Crippen molar-refractivity contribution in [2.24, 2.45) is 0 Å². The summed E-state index contributed by atoms with van der Waals surface area (Å²) < 4.78 is 0. The van der Waals surface area contributed by atoms with E-state index in [4.69, 9.17) is 0 Å². The summed E-state index contributed by atoms with van der Waals surface area (Å²) in [5.41, 5.74) is 0. The molecule has 5 heteroatoms. The van der Waals surface area contributed by atoms with Crippen molar-refractivity contribution in [1.29, 1.82) is 0 Å². The van der Waals surface area contributed by atoms with Crippen LogP contribution in [0.1, 0.15) is 2.85 Å². The number of rotatable bonds is 0. The van der Waals surface area contributed by atoms with Crippen molar-refractivity contribution in [3.05, 3.63) is 0 Å². The molecule has 0 aliphatic carbocycles. The van der Waals surface area contributed by atoms with Gasteiger partial charge in [-0.3, -0.25) is 0 Å². The van der Waals surface area contributed by atoms with Gasteiger partial charge in [-0.25, -0.2) is 0 Å². The molecule has 0 aromatic heterocycles. The van der Waals surface area contributed by atoms with Crippen LogP contribution in [-0.2, 0) is 33.6 Å². The Morgan fingerprint density at radius 2 is 1.20 bits per heavy atom. The van der Waals surface area contributed by atoms with E-state index >= 15 is 0 Å². The Hall–Kier alpha value is 2.53. The maximum Gasteiger partial charge on any atom is 2.00 e. The summed E-state index contributed by atoms with van der Waals surface area (Å²) in [6.45, 7) is 0. The largest absolute Gasteiger partial charge is 2.00 e. The third kappa shape index (κ3) is 20.9. The van der Waals surface area contributed by atoms with Crippen molar-refractivity contribution in [2.45, 2.75) is 0 Å². The molecule has 0 fully saturated rings. The van der Waals surface area contributed by atoms with Gasteiger partial charge in [0.2, 0.25) is 0 Å². The van der Waals surface area contributed by atoms with Gasteiger partial charge in [-0.1, -0.05) is 0 Å². The van der Waals surface area contributed by atoms with Crippen LogP contribution in [0.15, 0.2) is 0 Å². The summed E-state index contributed by atoms with van der Waals surface area (Å²) in [5, 5.41) is 0. The van der Waals surface area contributed by atoms with Gasteiger partial charge < -0.3 is 2.85 Å². The number of hydrogen-bond donors (Lipinski definition) is 0. The molecule has 0 atom stereocenters. The van der Waals surface area contributed by atoms with Gasteiger partial charge in [-0.15, -0.1) is 0 Å². The molecule has 0 aromatic carbocycles. The molecule has 32 valence electrons. The van der Waals surface area contributed by atoms with Gasteiger partial charge in [0.15, 0.2) is 0 Å². The third-order valence-electron chi connectivity index (χ3n) is 0. The summed E-state index contributed by atoms with van der Waals surface area (Å²) >= 11 is 0. The van der Waals surface area contributed by atoms with Crippen molar-refractivity contribution in [1.82, 2.24) is 0 Å². The Morgan fingerprint density at radius 1 is 1.20 bits per heavy atom. The van der Waals surface area contributed by atoms with Gasteiger partial charge >= 0.3 is 23.1 Å². The number of hydrogen-bond acceptors (Lipinski definition) is 0. The summed E-state index contributed by atoms with van der Waals surface area (Å²) in [4.78, 5) is 0. The Balaban J connectivity index is 0. The van der Waals surface area contributed by atoms with Gasteiger partial charge in [0.05, 0.1) is 0 Å². The zero-order valence-electron chi connectivity index (χ0n) is 4.40. The molecule has 0 aliphatic rings. The van der Waals surface area contributed by atoms with Crippen LogP contribution in [0.3, 0.4) is 0 Å². The summed E-state index contributed by atoms with van der Waals surface area (Å²) in [5.74, 6) is 0. The van der Waals surface area contributed by atoms with E-state index in [-0.39, 0.29) is 87.8 Å². The van der Waals surface area contributed by atoms with Gasteiger partial charge in [0.1, 0.15) is 0 Å². The molecule has 0 aliphatic heterocycles. The molecule has 0 spiro atoms. The van der Waals surface area contributed by atoms with Crippen LogP contribution in [-0.4, -0.2) is 51.4 Å². The average molecular weight is 204 g/mol. The first-order valence-electron chi connectivity index (χ1n) is 0. The quantitative estimate of drug-likeness (QED) is 0.447. The second kappa shape index (κ2) is 31.2. The van der Waals surface area contributed by atoms with Crippen molar-refractivity contribution >= 4 is 51.4 Å². The van der Waals surface area contributed by atoms with Crippen LogP contribution in [0.25, 0.3) is 0 Å². The molecule has 0 N–H and O–H groups in total. The molecule has 0 nitrogen and oxygen atoms in total. The van der Waals surface area contributed by atoms with Crippen LogP contribution in [0.4, 0.5) is 0 Å². The van der Waals surface area contributed by atoms with Gasteiger partial charge in [0.25, 0.3) is 0 Å². The SMILES string of the molecule is [Al].[Cu].[H-].[H-].[Mg+2].[Ni].[Si]. The third-order valence-corrected chi connectivity index (χ3v) is 0. The molecular weight excluding hydrogens is 202 g/mol. The minimum absolute atomic E-state index is 0. The second-order valence-electron chi connectivity index (χ2n) is 0. The van der Waals surface area contributed by atoms with Gasteiger partial charge in [0, 0.05) is 61.9 Å². The minimum atomic E-state index is 0.